The predicted molar refractivity (Wildman–Crippen MR) is 96.5 cm³/mol. The van der Waals surface area contributed by atoms with Crippen LogP contribution in [0, 0.1) is 5.92 Å². The van der Waals surface area contributed by atoms with Crippen LogP contribution in [0.3, 0.4) is 0 Å². The molecule has 1 aliphatic rings. The molecule has 0 amide bonds. The van der Waals surface area contributed by atoms with Crippen LogP contribution < -0.4 is 5.32 Å². The molecule has 4 nitrogen and oxygen atoms in total. The zero-order valence-electron chi connectivity index (χ0n) is 15.0. The van der Waals surface area contributed by atoms with E-state index in [4.69, 9.17) is 4.74 Å². The quantitative estimate of drug-likeness (QED) is 0.668. The van der Waals surface area contributed by atoms with Crippen molar-refractivity contribution in [2.75, 3.05) is 20.1 Å². The summed E-state index contributed by atoms with van der Waals surface area (Å²) in [5.41, 5.74) is 2.49. The van der Waals surface area contributed by atoms with Crippen LogP contribution in [0.25, 0.3) is 0 Å². The normalized spacial score (nSPS) is 19.3. The molecule has 1 aromatic carbocycles. The number of rotatable bonds is 5. The van der Waals surface area contributed by atoms with E-state index in [0.29, 0.717) is 6.61 Å². The van der Waals surface area contributed by atoms with Gasteiger partial charge in [0.1, 0.15) is 0 Å². The minimum atomic E-state index is 0.261. The van der Waals surface area contributed by atoms with Gasteiger partial charge in [0.15, 0.2) is 5.96 Å². The lowest BCUT2D eigenvalue weighted by atomic mass is 10.0. The van der Waals surface area contributed by atoms with Crippen LogP contribution in [0.1, 0.15) is 44.7 Å². The van der Waals surface area contributed by atoms with Crippen molar-refractivity contribution in [3.8, 4) is 0 Å². The van der Waals surface area contributed by atoms with Gasteiger partial charge in [-0.3, -0.25) is 4.99 Å². The maximum Gasteiger partial charge on any atom is 0.193 e. The van der Waals surface area contributed by atoms with E-state index >= 15 is 0 Å². The van der Waals surface area contributed by atoms with E-state index in [2.05, 4.69) is 60.2 Å². The Morgan fingerprint density at radius 1 is 1.39 bits per heavy atom. The summed E-state index contributed by atoms with van der Waals surface area (Å²) >= 11 is 0. The van der Waals surface area contributed by atoms with Crippen molar-refractivity contribution in [2.24, 2.45) is 10.9 Å². The van der Waals surface area contributed by atoms with Gasteiger partial charge in [0.05, 0.1) is 12.7 Å². The highest BCUT2D eigenvalue weighted by Gasteiger charge is 2.18. The summed E-state index contributed by atoms with van der Waals surface area (Å²) in [6.45, 7) is 10.1. The number of hydrogen-bond donors (Lipinski definition) is 1. The van der Waals surface area contributed by atoms with E-state index in [0.717, 1.165) is 31.5 Å². The van der Waals surface area contributed by atoms with Crippen LogP contribution >= 0.6 is 0 Å². The molecule has 23 heavy (non-hydrogen) atoms. The second-order valence-electron chi connectivity index (χ2n) is 6.77. The fourth-order valence-electron chi connectivity index (χ4n) is 2.99. The van der Waals surface area contributed by atoms with Crippen molar-refractivity contribution < 1.29 is 4.74 Å². The number of likely N-dealkylation sites (tertiary alicyclic amines) is 1. The number of nitrogens with one attached hydrogen (secondary N) is 1. The fraction of sp³-hybridized carbons (Fsp3) is 0.632. The molecule has 1 aliphatic heterocycles. The van der Waals surface area contributed by atoms with E-state index in [1.165, 1.54) is 24.0 Å². The monoisotopic (exact) mass is 317 g/mol. The first-order valence-electron chi connectivity index (χ1n) is 8.73. The van der Waals surface area contributed by atoms with Crippen LogP contribution in [0.2, 0.25) is 0 Å². The summed E-state index contributed by atoms with van der Waals surface area (Å²) in [6.07, 6.45) is 2.84. The van der Waals surface area contributed by atoms with E-state index in [9.17, 15) is 0 Å². The number of piperidine rings is 1. The maximum absolute atomic E-state index is 5.68. The van der Waals surface area contributed by atoms with Gasteiger partial charge in [0.2, 0.25) is 0 Å². The summed E-state index contributed by atoms with van der Waals surface area (Å²) in [7, 11) is 1.87. The van der Waals surface area contributed by atoms with Gasteiger partial charge >= 0.3 is 0 Å². The van der Waals surface area contributed by atoms with Gasteiger partial charge in [-0.05, 0) is 43.7 Å². The lowest BCUT2D eigenvalue weighted by Crippen LogP contribution is -2.45. The van der Waals surface area contributed by atoms with Gasteiger partial charge in [-0.25, -0.2) is 0 Å². The Bertz CT molecular complexity index is 513. The number of nitrogens with zero attached hydrogens (tertiary/aromatic N) is 2. The molecule has 4 heteroatoms. The molecule has 128 valence electrons. The lowest BCUT2D eigenvalue weighted by Gasteiger charge is -2.33. The smallest absolute Gasteiger partial charge is 0.193 e. The Hall–Kier alpha value is -1.55. The third kappa shape index (κ3) is 5.87. The number of hydrogen-bond acceptors (Lipinski definition) is 2. The highest BCUT2D eigenvalue weighted by atomic mass is 16.5. The fourth-order valence-corrected chi connectivity index (χ4v) is 2.99. The maximum atomic E-state index is 5.68. The third-order valence-electron chi connectivity index (χ3n) is 4.19. The number of benzene rings is 1. The molecule has 1 saturated heterocycles. The predicted octanol–water partition coefficient (Wildman–Crippen LogP) is 3.42. The third-order valence-corrected chi connectivity index (χ3v) is 4.19. The van der Waals surface area contributed by atoms with Crippen LogP contribution in [-0.4, -0.2) is 37.1 Å². The molecule has 0 saturated carbocycles. The highest BCUT2D eigenvalue weighted by Crippen LogP contribution is 2.15. The summed E-state index contributed by atoms with van der Waals surface area (Å²) in [6, 6.07) is 8.58. The Kier molecular flexibility index (Phi) is 6.90. The molecule has 1 N–H and O–H groups in total. The van der Waals surface area contributed by atoms with E-state index < -0.39 is 0 Å². The highest BCUT2D eigenvalue weighted by molar-refractivity contribution is 5.80. The average molecular weight is 317 g/mol. The van der Waals surface area contributed by atoms with Crippen molar-refractivity contribution in [1.29, 1.82) is 0 Å². The summed E-state index contributed by atoms with van der Waals surface area (Å²) < 4.78 is 5.68. The number of ether oxygens (including phenoxy) is 1. The molecular formula is C19H31N3O. The lowest BCUT2D eigenvalue weighted by molar-refractivity contribution is 0.0657. The van der Waals surface area contributed by atoms with Crippen molar-refractivity contribution >= 4 is 5.96 Å². The molecule has 0 spiro atoms. The second-order valence-corrected chi connectivity index (χ2v) is 6.77. The summed E-state index contributed by atoms with van der Waals surface area (Å²) in [5.74, 6) is 1.76. The Morgan fingerprint density at radius 2 is 2.17 bits per heavy atom. The zero-order valence-corrected chi connectivity index (χ0v) is 15.0. The Morgan fingerprint density at radius 3 is 2.87 bits per heavy atom. The molecule has 0 aliphatic carbocycles. The van der Waals surface area contributed by atoms with E-state index in [-0.39, 0.29) is 6.10 Å². The van der Waals surface area contributed by atoms with Gasteiger partial charge in [-0.1, -0.05) is 31.2 Å². The van der Waals surface area contributed by atoms with Gasteiger partial charge < -0.3 is 15.0 Å². The van der Waals surface area contributed by atoms with Crippen LogP contribution in [-0.2, 0) is 17.9 Å². The molecule has 0 bridgehead atoms. The van der Waals surface area contributed by atoms with E-state index in [1.807, 2.05) is 7.05 Å². The first-order chi connectivity index (χ1) is 11.1. The van der Waals surface area contributed by atoms with Crippen molar-refractivity contribution in [1.82, 2.24) is 10.2 Å². The van der Waals surface area contributed by atoms with Crippen molar-refractivity contribution in [3.05, 3.63) is 35.4 Å². The second kappa shape index (κ2) is 8.92. The van der Waals surface area contributed by atoms with Crippen LogP contribution in [0.5, 0.6) is 0 Å². The van der Waals surface area contributed by atoms with Gasteiger partial charge in [-0.15, -0.1) is 0 Å². The molecule has 0 radical (unpaired) electrons. The minimum absolute atomic E-state index is 0.261. The Balaban J connectivity index is 1.89. The molecule has 1 atom stereocenters. The summed E-state index contributed by atoms with van der Waals surface area (Å²) in [4.78, 5) is 6.82. The molecule has 0 aromatic heterocycles. The molecule has 1 aromatic rings. The minimum Gasteiger partial charge on any atom is -0.374 e. The van der Waals surface area contributed by atoms with Crippen LogP contribution in [0.15, 0.2) is 29.3 Å². The average Bonchev–Trinajstić information content (AvgIpc) is 2.54. The van der Waals surface area contributed by atoms with Crippen molar-refractivity contribution in [3.63, 3.8) is 0 Å². The standard InChI is InChI=1S/C19H31N3O/c1-15(2)23-14-18-9-5-8-17(11-18)12-21-19(20-4)22-10-6-7-16(3)13-22/h5,8-9,11,15-16H,6-7,10,12-14H2,1-4H3,(H,20,21). The van der Waals surface area contributed by atoms with Crippen LogP contribution in [0.4, 0.5) is 0 Å². The number of guanidine groups is 1. The SMILES string of the molecule is CN=C(NCc1cccc(COC(C)C)c1)N1CCCC(C)C1. The molecule has 1 fully saturated rings. The summed E-state index contributed by atoms with van der Waals surface area (Å²) in [5, 5.41) is 3.50. The van der Waals surface area contributed by atoms with Crippen molar-refractivity contribution in [2.45, 2.75) is 52.9 Å². The van der Waals surface area contributed by atoms with Gasteiger partial charge in [0.25, 0.3) is 0 Å². The number of aliphatic imine (C=N–C) groups is 1. The Labute approximate surface area is 140 Å². The van der Waals surface area contributed by atoms with Gasteiger partial charge in [0, 0.05) is 26.7 Å². The molecule has 1 unspecified atom stereocenters. The first kappa shape index (κ1) is 17.8. The molecule has 2 rings (SSSR count). The topological polar surface area (TPSA) is 36.9 Å². The largest absolute Gasteiger partial charge is 0.374 e. The van der Waals surface area contributed by atoms with Gasteiger partial charge in [-0.2, -0.15) is 0 Å². The first-order valence-corrected chi connectivity index (χ1v) is 8.73. The molecule has 1 heterocycles. The van der Waals surface area contributed by atoms with E-state index in [1.54, 1.807) is 0 Å². The molecular weight excluding hydrogens is 286 g/mol. The zero-order chi connectivity index (χ0) is 16.7.